The Kier molecular flexibility index (Phi) is 57.0. The van der Waals surface area contributed by atoms with Gasteiger partial charge in [0.05, 0.1) is 13.2 Å². The van der Waals surface area contributed by atoms with Crippen LogP contribution >= 0.6 is 7.82 Å². The number of rotatable bonds is 53. The summed E-state index contributed by atoms with van der Waals surface area (Å²) in [6.45, 7) is 3.45. The molecule has 2 atom stereocenters. The molecular formula is C67H106NO8P. The lowest BCUT2D eigenvalue weighted by molar-refractivity contribution is -0.161. The molecule has 0 bridgehead atoms. The average Bonchev–Trinajstić information content (AvgIpc) is 3.42. The van der Waals surface area contributed by atoms with Crippen molar-refractivity contribution in [2.45, 2.75) is 213 Å². The van der Waals surface area contributed by atoms with Gasteiger partial charge in [-0.1, -0.05) is 235 Å². The van der Waals surface area contributed by atoms with Gasteiger partial charge in [-0.15, -0.1) is 0 Å². The zero-order valence-corrected chi connectivity index (χ0v) is 49.0. The predicted octanol–water partition coefficient (Wildman–Crippen LogP) is 19.1. The van der Waals surface area contributed by atoms with E-state index in [0.717, 1.165) is 167 Å². The molecule has 0 heterocycles. The van der Waals surface area contributed by atoms with Crippen molar-refractivity contribution in [3.63, 3.8) is 0 Å². The van der Waals surface area contributed by atoms with Crippen LogP contribution in [0, 0.1) is 0 Å². The molecule has 0 radical (unpaired) electrons. The third-order valence-electron chi connectivity index (χ3n) is 11.6. The number of phosphoric ester groups is 1. The normalized spacial score (nSPS) is 14.3. The van der Waals surface area contributed by atoms with Crippen molar-refractivity contribution in [2.75, 3.05) is 26.4 Å². The zero-order chi connectivity index (χ0) is 55.9. The van der Waals surface area contributed by atoms with Crippen molar-refractivity contribution in [1.82, 2.24) is 0 Å². The number of esters is 2. The van der Waals surface area contributed by atoms with Gasteiger partial charge in [-0.2, -0.15) is 0 Å². The summed E-state index contributed by atoms with van der Waals surface area (Å²) in [6, 6.07) is 0. The molecule has 0 aliphatic rings. The number of ether oxygens (including phenoxy) is 2. The average molecular weight is 1080 g/mol. The Labute approximate surface area is 470 Å². The molecule has 10 heteroatoms. The van der Waals surface area contributed by atoms with Gasteiger partial charge in [0.1, 0.15) is 6.61 Å². The fraction of sp³-hybridized carbons (Fsp3) is 0.552. The maximum absolute atomic E-state index is 12.7. The van der Waals surface area contributed by atoms with Crippen LogP contribution in [0.15, 0.2) is 170 Å². The third kappa shape index (κ3) is 60.5. The second-order valence-electron chi connectivity index (χ2n) is 18.7. The molecule has 0 aromatic heterocycles. The van der Waals surface area contributed by atoms with Crippen LogP contribution in [-0.4, -0.2) is 49.3 Å². The van der Waals surface area contributed by atoms with Crippen molar-refractivity contribution in [3.05, 3.63) is 170 Å². The van der Waals surface area contributed by atoms with Gasteiger partial charge in [0, 0.05) is 19.4 Å². The minimum atomic E-state index is -4.41. The number of carbonyl (C=O) groups is 2. The summed E-state index contributed by atoms with van der Waals surface area (Å²) in [5.74, 6) is -0.876. The van der Waals surface area contributed by atoms with E-state index in [4.69, 9.17) is 24.3 Å². The molecule has 3 N–H and O–H groups in total. The molecule has 0 saturated carbocycles. The lowest BCUT2D eigenvalue weighted by Gasteiger charge is -2.19. The summed E-state index contributed by atoms with van der Waals surface area (Å²) >= 11 is 0. The van der Waals surface area contributed by atoms with Crippen molar-refractivity contribution >= 4 is 19.8 Å². The van der Waals surface area contributed by atoms with Crippen molar-refractivity contribution in [2.24, 2.45) is 5.73 Å². The summed E-state index contributed by atoms with van der Waals surface area (Å²) in [7, 11) is -4.41. The summed E-state index contributed by atoms with van der Waals surface area (Å²) in [6.07, 6.45) is 89.8. The van der Waals surface area contributed by atoms with Crippen molar-refractivity contribution in [3.8, 4) is 0 Å². The quantitative estimate of drug-likeness (QED) is 0.0264. The summed E-state index contributed by atoms with van der Waals surface area (Å²) in [5, 5.41) is 0. The van der Waals surface area contributed by atoms with Crippen molar-refractivity contribution < 1.29 is 37.6 Å². The maximum atomic E-state index is 12.7. The van der Waals surface area contributed by atoms with E-state index in [1.807, 2.05) is 0 Å². The Morgan fingerprint density at radius 2 is 0.675 bits per heavy atom. The molecule has 0 aromatic carbocycles. The first kappa shape index (κ1) is 72.4. The Morgan fingerprint density at radius 3 is 1.00 bits per heavy atom. The monoisotopic (exact) mass is 1080 g/mol. The highest BCUT2D eigenvalue weighted by Crippen LogP contribution is 2.43. The molecule has 432 valence electrons. The van der Waals surface area contributed by atoms with E-state index in [1.165, 1.54) is 0 Å². The van der Waals surface area contributed by atoms with Gasteiger partial charge in [-0.25, -0.2) is 4.57 Å². The van der Waals surface area contributed by atoms with E-state index in [1.54, 1.807) is 0 Å². The Morgan fingerprint density at radius 1 is 0.390 bits per heavy atom. The lowest BCUT2D eigenvalue weighted by Crippen LogP contribution is -2.29. The molecule has 2 unspecified atom stereocenters. The zero-order valence-electron chi connectivity index (χ0n) is 48.1. The highest BCUT2D eigenvalue weighted by atomic mass is 31.2. The van der Waals surface area contributed by atoms with Gasteiger partial charge >= 0.3 is 19.8 Å². The minimum absolute atomic E-state index is 0.0389. The molecule has 0 aliphatic heterocycles. The minimum Gasteiger partial charge on any atom is -0.462 e. The van der Waals surface area contributed by atoms with Gasteiger partial charge < -0.3 is 20.1 Å². The van der Waals surface area contributed by atoms with Gasteiger partial charge in [0.25, 0.3) is 0 Å². The van der Waals surface area contributed by atoms with Crippen molar-refractivity contribution in [1.29, 1.82) is 0 Å². The third-order valence-corrected chi connectivity index (χ3v) is 12.6. The second-order valence-corrected chi connectivity index (χ2v) is 20.2. The number of carbonyl (C=O) groups excluding carboxylic acids is 2. The predicted molar refractivity (Wildman–Crippen MR) is 329 cm³/mol. The van der Waals surface area contributed by atoms with E-state index in [0.29, 0.717) is 12.8 Å². The largest absolute Gasteiger partial charge is 0.472 e. The van der Waals surface area contributed by atoms with Crippen LogP contribution in [0.3, 0.4) is 0 Å². The molecule has 0 saturated heterocycles. The van der Waals surface area contributed by atoms with Gasteiger partial charge in [0.15, 0.2) is 6.10 Å². The Bertz CT molecular complexity index is 1860. The topological polar surface area (TPSA) is 134 Å². The summed E-state index contributed by atoms with van der Waals surface area (Å²) in [5.41, 5.74) is 5.38. The standard InChI is InChI=1S/C67H106NO8P/c1-3-5-7-9-11-13-15-17-19-21-23-24-25-26-27-28-29-30-31-32-33-34-35-36-37-38-39-40-42-44-46-48-50-52-54-56-58-60-67(70)76-65(64-75-77(71,72)74-62-61-68)63-73-66(69)59-57-55-53-51-49-47-45-43-41-22-20-18-16-14-12-10-8-6-4-2/h5-8,11-14,17-20,23-24,26-27,29-30,32-33,35-36,38-39,41-44,65H,3-4,9-10,15-16,21-22,25,28,31,34,37,40,45-64,68H2,1-2H3,(H,71,72)/b7-5-,8-6-,13-11-,14-12-,19-17-,20-18-,24-23-,27-26-,30-29-,33-32-,36-35-,39-38-,43-41-,44-42-. The first-order chi connectivity index (χ1) is 37.8. The van der Waals surface area contributed by atoms with Crippen LogP contribution in [0.1, 0.15) is 206 Å². The van der Waals surface area contributed by atoms with E-state index < -0.39 is 32.5 Å². The van der Waals surface area contributed by atoms with Gasteiger partial charge in [-0.05, 0) is 128 Å². The molecular weight excluding hydrogens is 978 g/mol. The van der Waals surface area contributed by atoms with Crippen LogP contribution in [0.4, 0.5) is 0 Å². The van der Waals surface area contributed by atoms with Crippen LogP contribution in [-0.2, 0) is 32.7 Å². The first-order valence-corrected chi connectivity index (χ1v) is 31.1. The number of nitrogens with two attached hydrogens (primary N) is 1. The fourth-order valence-corrected chi connectivity index (χ4v) is 8.07. The molecule has 0 aliphatic carbocycles. The smallest absolute Gasteiger partial charge is 0.462 e. The Hall–Kier alpha value is -4.63. The molecule has 9 nitrogen and oxygen atoms in total. The number of hydrogen-bond acceptors (Lipinski definition) is 8. The maximum Gasteiger partial charge on any atom is 0.472 e. The van der Waals surface area contributed by atoms with E-state index >= 15 is 0 Å². The fourth-order valence-electron chi connectivity index (χ4n) is 7.30. The van der Waals surface area contributed by atoms with Gasteiger partial charge in [0.2, 0.25) is 0 Å². The summed E-state index contributed by atoms with van der Waals surface area (Å²) < 4.78 is 33.0. The van der Waals surface area contributed by atoms with Crippen LogP contribution in [0.2, 0.25) is 0 Å². The Balaban J connectivity index is 4.08. The van der Waals surface area contributed by atoms with E-state index in [-0.39, 0.29) is 32.6 Å². The van der Waals surface area contributed by atoms with Gasteiger partial charge in [-0.3, -0.25) is 18.6 Å². The molecule has 0 amide bonds. The van der Waals surface area contributed by atoms with Crippen LogP contribution < -0.4 is 5.73 Å². The van der Waals surface area contributed by atoms with Crippen LogP contribution in [0.5, 0.6) is 0 Å². The number of allylic oxidation sites excluding steroid dienone is 28. The highest BCUT2D eigenvalue weighted by Gasteiger charge is 2.26. The molecule has 0 rings (SSSR count). The molecule has 0 fully saturated rings. The molecule has 0 aromatic rings. The summed E-state index contributed by atoms with van der Waals surface area (Å²) in [4.78, 5) is 35.2. The van der Waals surface area contributed by atoms with Crippen LogP contribution in [0.25, 0.3) is 0 Å². The second kappa shape index (κ2) is 60.6. The van der Waals surface area contributed by atoms with E-state index in [2.05, 4.69) is 184 Å². The highest BCUT2D eigenvalue weighted by molar-refractivity contribution is 7.47. The molecule has 0 spiro atoms. The SMILES string of the molecule is CC/C=C\C/C=C\C/C=C\C/C=C\C/C=C\C/C=C\C/C=C\C/C=C\C/C=C\C/C=C\CCCCCCCCC(=O)OC(COC(=O)CCCCCCCC/C=C\C/C=C\C/C=C\C/C=C\CC)COP(=O)(O)OCCN. The van der Waals surface area contributed by atoms with E-state index in [9.17, 15) is 19.0 Å². The first-order valence-electron chi connectivity index (χ1n) is 29.6. The number of phosphoric acid groups is 1. The number of unbranched alkanes of at least 4 members (excludes halogenated alkanes) is 12. The number of hydrogen-bond donors (Lipinski definition) is 2. The lowest BCUT2D eigenvalue weighted by atomic mass is 10.1. The molecule has 77 heavy (non-hydrogen) atoms.